The molecule has 3 rings (SSSR count). The van der Waals surface area contributed by atoms with Gasteiger partial charge in [-0.25, -0.2) is 9.50 Å². The average Bonchev–Trinajstić information content (AvgIpc) is 2.84. The molecule has 1 saturated heterocycles. The third-order valence-electron chi connectivity index (χ3n) is 3.59. The van der Waals surface area contributed by atoms with E-state index in [0.29, 0.717) is 11.8 Å². The first-order valence-corrected chi connectivity index (χ1v) is 6.86. The zero-order valence-electron chi connectivity index (χ0n) is 12.4. The van der Waals surface area contributed by atoms with Crippen LogP contribution >= 0.6 is 24.8 Å². The van der Waals surface area contributed by atoms with Crippen LogP contribution in [-0.2, 0) is 0 Å². The van der Waals surface area contributed by atoms with Gasteiger partial charge in [0.15, 0.2) is 0 Å². The van der Waals surface area contributed by atoms with Crippen molar-refractivity contribution in [1.82, 2.24) is 30.2 Å². The Kier molecular flexibility index (Phi) is 6.52. The molecule has 0 spiro atoms. The number of amides is 1. The number of rotatable bonds is 2. The molecule has 2 unspecified atom stereocenters. The van der Waals surface area contributed by atoms with E-state index in [1.807, 2.05) is 13.0 Å². The van der Waals surface area contributed by atoms with Gasteiger partial charge in [0.25, 0.3) is 11.7 Å². The van der Waals surface area contributed by atoms with E-state index < -0.39 is 0 Å². The van der Waals surface area contributed by atoms with E-state index in [2.05, 4.69) is 32.6 Å². The van der Waals surface area contributed by atoms with Gasteiger partial charge in [-0.1, -0.05) is 0 Å². The van der Waals surface area contributed by atoms with Gasteiger partial charge >= 0.3 is 0 Å². The molecule has 9 heteroatoms. The number of nitrogens with one attached hydrogen (secondary N) is 2. The predicted octanol–water partition coefficient (Wildman–Crippen LogP) is 1.15. The summed E-state index contributed by atoms with van der Waals surface area (Å²) < 4.78 is 1.58. The molecule has 1 aliphatic rings. The predicted molar refractivity (Wildman–Crippen MR) is 88.0 cm³/mol. The molecule has 1 amide bonds. The van der Waals surface area contributed by atoms with Gasteiger partial charge < -0.3 is 10.6 Å². The Morgan fingerprint density at radius 1 is 1.45 bits per heavy atom. The van der Waals surface area contributed by atoms with E-state index in [0.717, 1.165) is 25.1 Å². The molecule has 0 saturated carbocycles. The minimum absolute atomic E-state index is 0. The summed E-state index contributed by atoms with van der Waals surface area (Å²) in [5.41, 5.74) is 0.900. The van der Waals surface area contributed by atoms with E-state index in [1.54, 1.807) is 10.7 Å². The molecular formula is C13H20Cl2N6O. The van der Waals surface area contributed by atoms with Gasteiger partial charge in [-0.2, -0.15) is 4.98 Å². The van der Waals surface area contributed by atoms with E-state index in [-0.39, 0.29) is 42.6 Å². The first kappa shape index (κ1) is 18.6. The molecule has 1 fully saturated rings. The van der Waals surface area contributed by atoms with Crippen LogP contribution in [0.1, 0.15) is 36.1 Å². The van der Waals surface area contributed by atoms with Crippen molar-refractivity contribution in [3.8, 4) is 0 Å². The van der Waals surface area contributed by atoms with Crippen molar-refractivity contribution >= 4 is 36.5 Å². The fraction of sp³-hybridized carbons (Fsp3) is 0.538. The van der Waals surface area contributed by atoms with Crippen LogP contribution in [0.3, 0.4) is 0 Å². The third-order valence-corrected chi connectivity index (χ3v) is 3.59. The zero-order chi connectivity index (χ0) is 14.1. The van der Waals surface area contributed by atoms with Crippen LogP contribution in [0.4, 0.5) is 0 Å². The molecule has 3 heterocycles. The number of carbonyl (C=O) groups is 1. The summed E-state index contributed by atoms with van der Waals surface area (Å²) in [5.74, 6) is 0.404. The smallest absolute Gasteiger partial charge is 0.291 e. The van der Waals surface area contributed by atoms with Crippen molar-refractivity contribution in [2.45, 2.75) is 38.8 Å². The monoisotopic (exact) mass is 346 g/mol. The quantitative estimate of drug-likeness (QED) is 0.851. The van der Waals surface area contributed by atoms with Crippen molar-refractivity contribution in [3.05, 3.63) is 23.8 Å². The second-order valence-electron chi connectivity index (χ2n) is 5.28. The average molecular weight is 347 g/mol. The zero-order valence-corrected chi connectivity index (χ0v) is 14.1. The summed E-state index contributed by atoms with van der Waals surface area (Å²) in [6.45, 7) is 4.94. The summed E-state index contributed by atoms with van der Waals surface area (Å²) in [6, 6.07) is 2.43. The van der Waals surface area contributed by atoms with Crippen molar-refractivity contribution in [3.63, 3.8) is 0 Å². The standard InChI is InChI=1S/C13H18N6O.2ClH/c1-8-7-10(4-6-14-8)16-12(20)11-17-13-15-5-3-9(2)19(13)18-11;;/h3,5,8,10,14H,4,6-7H2,1-2H3,(H,16,20);2*1H. The normalized spacial score (nSPS) is 20.8. The molecule has 0 aromatic carbocycles. The van der Waals surface area contributed by atoms with E-state index >= 15 is 0 Å². The Morgan fingerprint density at radius 2 is 2.23 bits per heavy atom. The summed E-state index contributed by atoms with van der Waals surface area (Å²) in [4.78, 5) is 20.5. The van der Waals surface area contributed by atoms with Gasteiger partial charge in [-0.05, 0) is 39.3 Å². The lowest BCUT2D eigenvalue weighted by atomic mass is 10.0. The molecule has 7 nitrogen and oxygen atoms in total. The maximum absolute atomic E-state index is 12.2. The van der Waals surface area contributed by atoms with Gasteiger partial charge in [-0.3, -0.25) is 4.79 Å². The SMILES string of the molecule is Cc1ccnc2nc(C(=O)NC3CCNC(C)C3)nn12.Cl.Cl. The fourth-order valence-corrected chi connectivity index (χ4v) is 2.52. The van der Waals surface area contributed by atoms with Gasteiger partial charge in [0.05, 0.1) is 0 Å². The van der Waals surface area contributed by atoms with E-state index in [4.69, 9.17) is 0 Å². The molecule has 2 N–H and O–H groups in total. The number of hydrogen-bond donors (Lipinski definition) is 2. The van der Waals surface area contributed by atoms with Crippen LogP contribution < -0.4 is 10.6 Å². The van der Waals surface area contributed by atoms with E-state index in [9.17, 15) is 4.79 Å². The molecule has 2 atom stereocenters. The maximum atomic E-state index is 12.2. The molecule has 122 valence electrons. The van der Waals surface area contributed by atoms with E-state index in [1.165, 1.54) is 0 Å². The number of carbonyl (C=O) groups excluding carboxylic acids is 1. The maximum Gasteiger partial charge on any atom is 0.291 e. The minimum atomic E-state index is -0.228. The number of hydrogen-bond acceptors (Lipinski definition) is 5. The lowest BCUT2D eigenvalue weighted by Gasteiger charge is -2.28. The molecule has 0 aliphatic carbocycles. The van der Waals surface area contributed by atoms with Gasteiger partial charge in [0.2, 0.25) is 5.82 Å². The lowest BCUT2D eigenvalue weighted by Crippen LogP contribution is -2.46. The number of aryl methyl sites for hydroxylation is 1. The summed E-state index contributed by atoms with van der Waals surface area (Å²) in [5, 5.41) is 10.6. The summed E-state index contributed by atoms with van der Waals surface area (Å²) >= 11 is 0. The van der Waals surface area contributed by atoms with Crippen LogP contribution in [0.2, 0.25) is 0 Å². The molecule has 0 radical (unpaired) electrons. The van der Waals surface area contributed by atoms with Crippen LogP contribution in [0.15, 0.2) is 12.3 Å². The van der Waals surface area contributed by atoms with Crippen molar-refractivity contribution in [1.29, 1.82) is 0 Å². The Morgan fingerprint density at radius 3 is 2.91 bits per heavy atom. The molecular weight excluding hydrogens is 327 g/mol. The second-order valence-corrected chi connectivity index (χ2v) is 5.28. The Bertz CT molecular complexity index is 646. The number of halogens is 2. The van der Waals surface area contributed by atoms with Crippen LogP contribution in [0.25, 0.3) is 5.78 Å². The first-order chi connectivity index (χ1) is 9.63. The van der Waals surface area contributed by atoms with Crippen molar-refractivity contribution in [2.24, 2.45) is 0 Å². The highest BCUT2D eigenvalue weighted by Crippen LogP contribution is 2.09. The summed E-state index contributed by atoms with van der Waals surface area (Å²) in [7, 11) is 0. The topological polar surface area (TPSA) is 84.2 Å². The van der Waals surface area contributed by atoms with Crippen molar-refractivity contribution < 1.29 is 4.79 Å². The number of aromatic nitrogens is 4. The van der Waals surface area contributed by atoms with Gasteiger partial charge in [0, 0.05) is 24.0 Å². The van der Waals surface area contributed by atoms with Gasteiger partial charge in [-0.15, -0.1) is 29.9 Å². The summed E-state index contributed by atoms with van der Waals surface area (Å²) in [6.07, 6.45) is 3.52. The van der Waals surface area contributed by atoms with Crippen molar-refractivity contribution in [2.75, 3.05) is 6.54 Å². The molecule has 2 aromatic rings. The largest absolute Gasteiger partial charge is 0.346 e. The first-order valence-electron chi connectivity index (χ1n) is 6.86. The van der Waals surface area contributed by atoms with Crippen LogP contribution in [0, 0.1) is 6.92 Å². The number of nitrogens with zero attached hydrogens (tertiary/aromatic N) is 4. The minimum Gasteiger partial charge on any atom is -0.346 e. The van der Waals surface area contributed by atoms with Crippen LogP contribution in [0.5, 0.6) is 0 Å². The highest BCUT2D eigenvalue weighted by atomic mass is 35.5. The highest BCUT2D eigenvalue weighted by molar-refractivity contribution is 5.91. The Hall–Kier alpha value is -1.44. The molecule has 22 heavy (non-hydrogen) atoms. The molecule has 0 bridgehead atoms. The third kappa shape index (κ3) is 3.85. The second kappa shape index (κ2) is 7.71. The number of piperidine rings is 1. The Labute approximate surface area is 141 Å². The fourth-order valence-electron chi connectivity index (χ4n) is 2.52. The number of fused-ring (bicyclic) bond motifs is 1. The highest BCUT2D eigenvalue weighted by Gasteiger charge is 2.22. The lowest BCUT2D eigenvalue weighted by molar-refractivity contribution is 0.0915. The molecule has 2 aromatic heterocycles. The van der Waals surface area contributed by atoms with Gasteiger partial charge in [0.1, 0.15) is 0 Å². The molecule has 1 aliphatic heterocycles. The Balaban J connectivity index is 0.00000121. The van der Waals surface area contributed by atoms with Crippen LogP contribution in [-0.4, -0.2) is 44.1 Å².